The molecule has 1 atom stereocenters. The molecule has 4 rings (SSSR count). The molecule has 0 saturated heterocycles. The Morgan fingerprint density at radius 3 is 2.48 bits per heavy atom. The van der Waals surface area contributed by atoms with Gasteiger partial charge in [0, 0.05) is 17.8 Å². The van der Waals surface area contributed by atoms with E-state index >= 15 is 0 Å². The van der Waals surface area contributed by atoms with E-state index in [1.807, 2.05) is 81.4 Å². The summed E-state index contributed by atoms with van der Waals surface area (Å²) >= 11 is 1.45. The van der Waals surface area contributed by atoms with Crippen LogP contribution in [-0.2, 0) is 4.79 Å². The van der Waals surface area contributed by atoms with Crippen LogP contribution in [0, 0.1) is 0 Å². The van der Waals surface area contributed by atoms with Gasteiger partial charge in [-0.1, -0.05) is 42.1 Å². The third-order valence-electron chi connectivity index (χ3n) is 4.61. The summed E-state index contributed by atoms with van der Waals surface area (Å²) in [7, 11) is 0. The zero-order valence-electron chi connectivity index (χ0n) is 16.6. The highest BCUT2D eigenvalue weighted by Gasteiger charge is 2.21. The minimum Gasteiger partial charge on any atom is -0.310 e. The minimum atomic E-state index is -0.329. The van der Waals surface area contributed by atoms with Crippen LogP contribution in [0.4, 0.5) is 5.82 Å². The van der Waals surface area contributed by atoms with E-state index in [4.69, 9.17) is 4.98 Å². The average molecular weight is 406 g/mol. The molecule has 29 heavy (non-hydrogen) atoms. The largest absolute Gasteiger partial charge is 0.310 e. The number of carbonyl (C=O) groups is 1. The van der Waals surface area contributed by atoms with E-state index in [1.54, 1.807) is 10.9 Å². The summed E-state index contributed by atoms with van der Waals surface area (Å²) in [6.45, 7) is 5.96. The number of benzene rings is 2. The highest BCUT2D eigenvalue weighted by Crippen LogP contribution is 2.31. The van der Waals surface area contributed by atoms with Gasteiger partial charge in [-0.2, -0.15) is 5.10 Å². The van der Waals surface area contributed by atoms with Crippen molar-refractivity contribution in [1.82, 2.24) is 19.3 Å². The summed E-state index contributed by atoms with van der Waals surface area (Å²) in [6.07, 6.45) is 1.70. The molecule has 0 aliphatic carbocycles. The monoisotopic (exact) mass is 405 g/mol. The number of amides is 1. The number of aromatic nitrogens is 4. The van der Waals surface area contributed by atoms with Crippen LogP contribution in [0.15, 0.2) is 72.0 Å². The van der Waals surface area contributed by atoms with Crippen LogP contribution in [0.5, 0.6) is 0 Å². The molecule has 2 aromatic heterocycles. The summed E-state index contributed by atoms with van der Waals surface area (Å²) in [5.74, 6) is 0.623. The maximum Gasteiger partial charge on any atom is 0.238 e. The van der Waals surface area contributed by atoms with E-state index in [1.165, 1.54) is 11.8 Å². The molecule has 0 aliphatic rings. The molecule has 0 aliphatic heterocycles. The first-order chi connectivity index (χ1) is 14.0. The van der Waals surface area contributed by atoms with Gasteiger partial charge in [-0.25, -0.2) is 9.67 Å². The van der Waals surface area contributed by atoms with E-state index in [2.05, 4.69) is 15.0 Å². The van der Waals surface area contributed by atoms with E-state index in [-0.39, 0.29) is 17.2 Å². The zero-order chi connectivity index (χ0) is 20.4. The van der Waals surface area contributed by atoms with Gasteiger partial charge in [0.05, 0.1) is 22.5 Å². The first-order valence-corrected chi connectivity index (χ1v) is 10.5. The van der Waals surface area contributed by atoms with Crippen LogP contribution in [0.25, 0.3) is 16.7 Å². The number of rotatable bonds is 6. The first-order valence-electron chi connectivity index (χ1n) is 9.58. The summed E-state index contributed by atoms with van der Waals surface area (Å²) in [6, 6.07) is 20.1. The SMILES string of the molecule is CC(Sc1nc2ccccc2n1-c1ccccc1)C(=O)Nc1ccnn1C(C)C. The van der Waals surface area contributed by atoms with Crippen molar-refractivity contribution in [2.75, 3.05) is 5.32 Å². The Morgan fingerprint density at radius 1 is 1.00 bits per heavy atom. The summed E-state index contributed by atoms with van der Waals surface area (Å²) in [4.78, 5) is 17.6. The summed E-state index contributed by atoms with van der Waals surface area (Å²) in [5, 5.41) is 7.72. The molecule has 4 aromatic rings. The van der Waals surface area contributed by atoms with Crippen molar-refractivity contribution in [3.05, 3.63) is 66.9 Å². The van der Waals surface area contributed by atoms with E-state index < -0.39 is 0 Å². The van der Waals surface area contributed by atoms with Crippen molar-refractivity contribution in [1.29, 1.82) is 0 Å². The predicted molar refractivity (Wildman–Crippen MR) is 118 cm³/mol. The van der Waals surface area contributed by atoms with Crippen LogP contribution < -0.4 is 5.32 Å². The van der Waals surface area contributed by atoms with E-state index in [9.17, 15) is 4.79 Å². The van der Waals surface area contributed by atoms with Crippen molar-refractivity contribution in [2.24, 2.45) is 0 Å². The lowest BCUT2D eigenvalue weighted by Gasteiger charge is -2.15. The van der Waals surface area contributed by atoms with Gasteiger partial charge in [0.15, 0.2) is 5.16 Å². The number of fused-ring (bicyclic) bond motifs is 1. The second-order valence-corrected chi connectivity index (χ2v) is 8.37. The van der Waals surface area contributed by atoms with Gasteiger partial charge in [-0.05, 0) is 45.0 Å². The van der Waals surface area contributed by atoms with Crippen molar-refractivity contribution in [3.8, 4) is 5.69 Å². The number of imidazole rings is 1. The molecule has 0 spiro atoms. The Hall–Kier alpha value is -3.06. The molecule has 1 N–H and O–H groups in total. The quantitative estimate of drug-likeness (QED) is 0.462. The van der Waals surface area contributed by atoms with E-state index in [0.717, 1.165) is 21.9 Å². The average Bonchev–Trinajstić information content (AvgIpc) is 3.32. The number of hydrogen-bond acceptors (Lipinski definition) is 4. The molecule has 148 valence electrons. The number of nitrogens with one attached hydrogen (secondary N) is 1. The molecule has 6 nitrogen and oxygen atoms in total. The van der Waals surface area contributed by atoms with Gasteiger partial charge >= 0.3 is 0 Å². The van der Waals surface area contributed by atoms with Crippen LogP contribution in [0.1, 0.15) is 26.8 Å². The third kappa shape index (κ3) is 3.91. The van der Waals surface area contributed by atoms with E-state index in [0.29, 0.717) is 5.82 Å². The third-order valence-corrected chi connectivity index (χ3v) is 5.66. The number of nitrogens with zero attached hydrogens (tertiary/aromatic N) is 4. The topological polar surface area (TPSA) is 64.7 Å². The lowest BCUT2D eigenvalue weighted by Crippen LogP contribution is -2.25. The lowest BCUT2D eigenvalue weighted by atomic mass is 10.3. The smallest absolute Gasteiger partial charge is 0.238 e. The second-order valence-electron chi connectivity index (χ2n) is 7.06. The zero-order valence-corrected chi connectivity index (χ0v) is 17.4. The minimum absolute atomic E-state index is 0.0796. The number of para-hydroxylation sites is 3. The molecule has 2 heterocycles. The van der Waals surface area contributed by atoms with Crippen LogP contribution in [-0.4, -0.2) is 30.5 Å². The Balaban J connectivity index is 1.62. The van der Waals surface area contributed by atoms with Crippen molar-refractivity contribution < 1.29 is 4.79 Å². The Labute approximate surface area is 173 Å². The Morgan fingerprint density at radius 2 is 1.72 bits per heavy atom. The standard InChI is InChI=1S/C22H23N5OS/c1-15(2)27-20(13-14-23-27)25-21(28)16(3)29-22-24-18-11-7-8-12-19(18)26(22)17-9-5-4-6-10-17/h4-16H,1-3H3,(H,25,28). The molecular weight excluding hydrogens is 382 g/mol. The fourth-order valence-corrected chi connectivity index (χ4v) is 4.12. The van der Waals surface area contributed by atoms with Gasteiger partial charge in [0.2, 0.25) is 5.91 Å². The van der Waals surface area contributed by atoms with Crippen molar-refractivity contribution in [2.45, 2.75) is 37.2 Å². The fraction of sp³-hybridized carbons (Fsp3) is 0.227. The highest BCUT2D eigenvalue weighted by molar-refractivity contribution is 8.00. The van der Waals surface area contributed by atoms with Crippen LogP contribution in [0.3, 0.4) is 0 Å². The van der Waals surface area contributed by atoms with Crippen molar-refractivity contribution in [3.63, 3.8) is 0 Å². The lowest BCUT2D eigenvalue weighted by molar-refractivity contribution is -0.115. The number of carbonyl (C=O) groups excluding carboxylic acids is 1. The normalized spacial score (nSPS) is 12.4. The molecule has 0 bridgehead atoms. The Kier molecular flexibility index (Phi) is 5.40. The van der Waals surface area contributed by atoms with Crippen LogP contribution in [0.2, 0.25) is 0 Å². The summed E-state index contributed by atoms with van der Waals surface area (Å²) in [5.41, 5.74) is 2.95. The fourth-order valence-electron chi connectivity index (χ4n) is 3.17. The maximum atomic E-state index is 12.8. The Bertz CT molecular complexity index is 1130. The van der Waals surface area contributed by atoms with Gasteiger partial charge < -0.3 is 5.32 Å². The van der Waals surface area contributed by atoms with Gasteiger partial charge in [0.25, 0.3) is 0 Å². The number of anilines is 1. The molecule has 0 fully saturated rings. The van der Waals surface area contributed by atoms with Gasteiger partial charge in [-0.3, -0.25) is 9.36 Å². The van der Waals surface area contributed by atoms with Crippen LogP contribution >= 0.6 is 11.8 Å². The number of hydrogen-bond donors (Lipinski definition) is 1. The van der Waals surface area contributed by atoms with Gasteiger partial charge in [-0.15, -0.1) is 0 Å². The maximum absolute atomic E-state index is 12.8. The predicted octanol–water partition coefficient (Wildman–Crippen LogP) is 4.92. The van der Waals surface area contributed by atoms with Crippen molar-refractivity contribution >= 4 is 34.5 Å². The molecular formula is C22H23N5OS. The van der Waals surface area contributed by atoms with Gasteiger partial charge in [0.1, 0.15) is 5.82 Å². The molecule has 7 heteroatoms. The summed E-state index contributed by atoms with van der Waals surface area (Å²) < 4.78 is 3.90. The highest BCUT2D eigenvalue weighted by atomic mass is 32.2. The second kappa shape index (κ2) is 8.13. The molecule has 2 aromatic carbocycles. The molecule has 1 amide bonds. The molecule has 0 radical (unpaired) electrons. The number of thioether (sulfide) groups is 1. The molecule has 1 unspecified atom stereocenters. The first kappa shape index (κ1) is 19.3. The molecule has 0 saturated carbocycles.